The molecule has 0 amide bonds. The number of ether oxygens (including phenoxy) is 3. The van der Waals surface area contributed by atoms with Crippen LogP contribution in [0.1, 0.15) is 40.5 Å². The van der Waals surface area contributed by atoms with Gasteiger partial charge in [-0.2, -0.15) is 0 Å². The van der Waals surface area contributed by atoms with Crippen molar-refractivity contribution in [3.05, 3.63) is 12.0 Å². The molecule has 0 saturated heterocycles. The van der Waals surface area contributed by atoms with Crippen LogP contribution in [0.3, 0.4) is 0 Å². The molecule has 6 heteroatoms. The SMILES string of the molecule is CO/C=C(/CCC(C)(C)O)OC(C)OC(CO)C(C)O. The van der Waals surface area contributed by atoms with E-state index in [4.69, 9.17) is 19.3 Å². The van der Waals surface area contributed by atoms with Gasteiger partial charge in [0.2, 0.25) is 0 Å². The first-order valence-electron chi connectivity index (χ1n) is 6.75. The summed E-state index contributed by atoms with van der Waals surface area (Å²) in [6.07, 6.45) is 0.297. The molecule has 0 aliphatic carbocycles. The third-order valence-electron chi connectivity index (χ3n) is 2.63. The van der Waals surface area contributed by atoms with Gasteiger partial charge in [0.05, 0.1) is 25.4 Å². The zero-order valence-corrected chi connectivity index (χ0v) is 13.0. The minimum absolute atomic E-state index is 0.293. The highest BCUT2D eigenvalue weighted by atomic mass is 16.7. The van der Waals surface area contributed by atoms with Crippen LogP contribution in [0.5, 0.6) is 0 Å². The number of rotatable bonds is 10. The lowest BCUT2D eigenvalue weighted by atomic mass is 10.0. The molecule has 0 aliphatic heterocycles. The molecule has 120 valence electrons. The molecule has 0 heterocycles. The first kappa shape index (κ1) is 19.2. The zero-order chi connectivity index (χ0) is 15.8. The van der Waals surface area contributed by atoms with Gasteiger partial charge in [0.1, 0.15) is 18.1 Å². The number of hydrogen-bond donors (Lipinski definition) is 3. The highest BCUT2D eigenvalue weighted by Gasteiger charge is 2.20. The Bertz CT molecular complexity index is 282. The van der Waals surface area contributed by atoms with Crippen LogP contribution in [-0.2, 0) is 14.2 Å². The molecule has 0 aliphatic rings. The topological polar surface area (TPSA) is 88.4 Å². The first-order chi connectivity index (χ1) is 9.19. The maximum absolute atomic E-state index is 9.70. The molecule has 0 rings (SSSR count). The molecule has 6 nitrogen and oxygen atoms in total. The van der Waals surface area contributed by atoms with Crippen LogP contribution in [0.15, 0.2) is 12.0 Å². The van der Waals surface area contributed by atoms with Gasteiger partial charge in [-0.05, 0) is 34.1 Å². The van der Waals surface area contributed by atoms with E-state index in [2.05, 4.69) is 0 Å². The highest BCUT2D eigenvalue weighted by Crippen LogP contribution is 2.18. The summed E-state index contributed by atoms with van der Waals surface area (Å²) < 4.78 is 15.9. The fourth-order valence-corrected chi connectivity index (χ4v) is 1.50. The van der Waals surface area contributed by atoms with E-state index in [9.17, 15) is 10.2 Å². The molecule has 3 atom stereocenters. The number of aliphatic hydroxyl groups excluding tert-OH is 2. The lowest BCUT2D eigenvalue weighted by Gasteiger charge is -2.25. The Morgan fingerprint density at radius 3 is 2.30 bits per heavy atom. The molecule has 0 fully saturated rings. The van der Waals surface area contributed by atoms with Gasteiger partial charge in [-0.15, -0.1) is 0 Å². The Hall–Kier alpha value is -0.820. The Balaban J connectivity index is 4.41. The maximum Gasteiger partial charge on any atom is 0.197 e. The van der Waals surface area contributed by atoms with Gasteiger partial charge >= 0.3 is 0 Å². The third kappa shape index (κ3) is 9.14. The minimum atomic E-state index is -0.798. The Labute approximate surface area is 121 Å². The average molecular weight is 292 g/mol. The number of methoxy groups -OCH3 is 1. The third-order valence-corrected chi connectivity index (χ3v) is 2.63. The number of allylic oxidation sites excluding steroid dienone is 1. The molecule has 3 unspecified atom stereocenters. The van der Waals surface area contributed by atoms with Crippen LogP contribution < -0.4 is 0 Å². The van der Waals surface area contributed by atoms with E-state index < -0.39 is 24.1 Å². The largest absolute Gasteiger partial charge is 0.501 e. The Morgan fingerprint density at radius 2 is 1.90 bits per heavy atom. The normalized spacial score (nSPS) is 17.5. The number of aliphatic hydroxyl groups is 3. The molecular weight excluding hydrogens is 264 g/mol. The van der Waals surface area contributed by atoms with Crippen LogP contribution in [0.25, 0.3) is 0 Å². The van der Waals surface area contributed by atoms with Crippen molar-refractivity contribution >= 4 is 0 Å². The molecule has 0 radical (unpaired) electrons. The Kier molecular flexibility index (Phi) is 8.80. The lowest BCUT2D eigenvalue weighted by Crippen LogP contribution is -2.34. The van der Waals surface area contributed by atoms with Crippen LogP contribution >= 0.6 is 0 Å². The summed E-state index contributed by atoms with van der Waals surface area (Å²) in [6.45, 7) is 6.34. The van der Waals surface area contributed by atoms with Crippen molar-refractivity contribution < 1.29 is 29.5 Å². The Morgan fingerprint density at radius 1 is 1.30 bits per heavy atom. The molecule has 0 bridgehead atoms. The quantitative estimate of drug-likeness (QED) is 0.413. The summed E-state index contributed by atoms with van der Waals surface area (Å²) in [5.41, 5.74) is -0.798. The smallest absolute Gasteiger partial charge is 0.197 e. The van der Waals surface area contributed by atoms with Crippen molar-refractivity contribution in [1.82, 2.24) is 0 Å². The van der Waals surface area contributed by atoms with Crippen molar-refractivity contribution in [3.63, 3.8) is 0 Å². The molecule has 0 aromatic heterocycles. The van der Waals surface area contributed by atoms with Gasteiger partial charge in [0.25, 0.3) is 0 Å². The van der Waals surface area contributed by atoms with E-state index in [-0.39, 0.29) is 6.61 Å². The van der Waals surface area contributed by atoms with Crippen LogP contribution in [0, 0.1) is 0 Å². The predicted octanol–water partition coefficient (Wildman–Crippen LogP) is 1.15. The second-order valence-corrected chi connectivity index (χ2v) is 5.42. The van der Waals surface area contributed by atoms with E-state index >= 15 is 0 Å². The fourth-order valence-electron chi connectivity index (χ4n) is 1.50. The molecule has 0 aromatic rings. The molecule has 3 N–H and O–H groups in total. The van der Waals surface area contributed by atoms with Crippen molar-refractivity contribution in [2.24, 2.45) is 0 Å². The van der Waals surface area contributed by atoms with Crippen molar-refractivity contribution in [1.29, 1.82) is 0 Å². The van der Waals surface area contributed by atoms with Crippen LogP contribution in [-0.4, -0.2) is 53.1 Å². The van der Waals surface area contributed by atoms with Crippen molar-refractivity contribution in [3.8, 4) is 0 Å². The number of hydrogen-bond acceptors (Lipinski definition) is 6. The van der Waals surface area contributed by atoms with Crippen molar-refractivity contribution in [2.45, 2.75) is 64.6 Å². The monoisotopic (exact) mass is 292 g/mol. The highest BCUT2D eigenvalue weighted by molar-refractivity contribution is 4.90. The van der Waals surface area contributed by atoms with Gasteiger partial charge in [-0.1, -0.05) is 0 Å². The molecule has 0 aromatic carbocycles. The summed E-state index contributed by atoms with van der Waals surface area (Å²) in [4.78, 5) is 0. The van der Waals surface area contributed by atoms with E-state index in [1.165, 1.54) is 20.3 Å². The summed E-state index contributed by atoms with van der Waals surface area (Å²) in [5, 5.41) is 28.2. The van der Waals surface area contributed by atoms with Crippen LogP contribution in [0.4, 0.5) is 0 Å². The van der Waals surface area contributed by atoms with Gasteiger partial charge < -0.3 is 29.5 Å². The maximum atomic E-state index is 9.70. The standard InChI is InChI=1S/C14H28O6/c1-10(16)13(8-15)20-11(2)19-12(9-18-5)6-7-14(3,4)17/h9-11,13,15-17H,6-8H2,1-5H3/b12-9-. The fraction of sp³-hybridized carbons (Fsp3) is 0.857. The van der Waals surface area contributed by atoms with Gasteiger partial charge in [-0.3, -0.25) is 0 Å². The molecule has 0 spiro atoms. The summed E-state index contributed by atoms with van der Waals surface area (Å²) >= 11 is 0. The molecule has 0 saturated carbocycles. The van der Waals surface area contributed by atoms with E-state index in [1.807, 2.05) is 0 Å². The molecule has 20 heavy (non-hydrogen) atoms. The molecular formula is C14H28O6. The van der Waals surface area contributed by atoms with Crippen LogP contribution in [0.2, 0.25) is 0 Å². The van der Waals surface area contributed by atoms with Gasteiger partial charge in [-0.25, -0.2) is 0 Å². The minimum Gasteiger partial charge on any atom is -0.501 e. The summed E-state index contributed by atoms with van der Waals surface area (Å²) in [7, 11) is 1.51. The van der Waals surface area contributed by atoms with Gasteiger partial charge in [0.15, 0.2) is 6.29 Å². The predicted molar refractivity (Wildman–Crippen MR) is 74.8 cm³/mol. The van der Waals surface area contributed by atoms with E-state index in [0.29, 0.717) is 18.6 Å². The zero-order valence-electron chi connectivity index (χ0n) is 13.0. The first-order valence-corrected chi connectivity index (χ1v) is 6.75. The summed E-state index contributed by atoms with van der Waals surface area (Å²) in [6, 6.07) is 0. The van der Waals surface area contributed by atoms with Crippen molar-refractivity contribution in [2.75, 3.05) is 13.7 Å². The second kappa shape index (κ2) is 9.18. The average Bonchev–Trinajstić information content (AvgIpc) is 2.32. The van der Waals surface area contributed by atoms with E-state index in [0.717, 1.165) is 0 Å². The second-order valence-electron chi connectivity index (χ2n) is 5.42. The summed E-state index contributed by atoms with van der Waals surface area (Å²) in [5.74, 6) is 0.532. The van der Waals surface area contributed by atoms with Gasteiger partial charge in [0, 0.05) is 6.42 Å². The lowest BCUT2D eigenvalue weighted by molar-refractivity contribution is -0.175. The van der Waals surface area contributed by atoms with E-state index in [1.54, 1.807) is 20.8 Å².